The first-order chi connectivity index (χ1) is 18.6. The second-order valence-corrected chi connectivity index (χ2v) is 13.2. The van der Waals surface area contributed by atoms with Gasteiger partial charge in [-0.1, -0.05) is 84.4 Å². The third kappa shape index (κ3) is 6.75. The van der Waals surface area contributed by atoms with Crippen molar-refractivity contribution in [1.29, 1.82) is 0 Å². The van der Waals surface area contributed by atoms with Crippen molar-refractivity contribution in [3.63, 3.8) is 0 Å². The summed E-state index contributed by atoms with van der Waals surface area (Å²) in [5.74, 6) is -1.09. The van der Waals surface area contributed by atoms with Gasteiger partial charge in [0.05, 0.1) is 15.5 Å². The van der Waals surface area contributed by atoms with Gasteiger partial charge in [0.2, 0.25) is 15.9 Å². The molecule has 0 saturated carbocycles. The molecule has 1 unspecified atom stereocenters. The van der Waals surface area contributed by atoms with Crippen LogP contribution in [0.3, 0.4) is 0 Å². The Bertz CT molecular complexity index is 1650. The average molecular weight is 583 g/mol. The number of primary amides is 1. The first-order valence-electron chi connectivity index (χ1n) is 12.1. The summed E-state index contributed by atoms with van der Waals surface area (Å²) in [5.41, 5.74) is 7.37. The third-order valence-electron chi connectivity index (χ3n) is 6.26. The fraction of sp³-hybridized carbons (Fsp3) is 0.138. The molecule has 0 fully saturated rings. The van der Waals surface area contributed by atoms with Gasteiger partial charge in [-0.2, -0.15) is 4.31 Å². The van der Waals surface area contributed by atoms with Crippen LogP contribution in [0.4, 0.5) is 0 Å². The second-order valence-electron chi connectivity index (χ2n) is 8.88. The SMILES string of the molecule is NC(=O)C(c1ccccc1)N(CCc1ccccc1CS(=O)(=O)c1ccccc1)S(=O)(=O)c1ccc(Cl)cc1. The molecular formula is C29H27ClN2O5S2. The largest absolute Gasteiger partial charge is 0.368 e. The van der Waals surface area contributed by atoms with Gasteiger partial charge < -0.3 is 5.73 Å². The quantitative estimate of drug-likeness (QED) is 0.273. The number of benzene rings is 4. The minimum atomic E-state index is -4.22. The van der Waals surface area contributed by atoms with Crippen molar-refractivity contribution in [1.82, 2.24) is 4.31 Å². The predicted octanol–water partition coefficient (Wildman–Crippen LogP) is 4.77. The molecule has 0 aliphatic carbocycles. The Hall–Kier alpha value is -3.50. The van der Waals surface area contributed by atoms with Crippen molar-refractivity contribution in [3.8, 4) is 0 Å². The van der Waals surface area contributed by atoms with E-state index < -0.39 is 31.8 Å². The number of rotatable bonds is 11. The van der Waals surface area contributed by atoms with Crippen LogP contribution in [0.1, 0.15) is 22.7 Å². The maximum absolute atomic E-state index is 13.9. The highest BCUT2D eigenvalue weighted by Crippen LogP contribution is 2.29. The van der Waals surface area contributed by atoms with Crippen LogP contribution in [0.2, 0.25) is 5.02 Å². The van der Waals surface area contributed by atoms with Gasteiger partial charge >= 0.3 is 0 Å². The van der Waals surface area contributed by atoms with E-state index in [0.717, 1.165) is 4.31 Å². The Morgan fingerprint density at radius 1 is 0.718 bits per heavy atom. The van der Waals surface area contributed by atoms with Gasteiger partial charge in [0.25, 0.3) is 0 Å². The molecule has 0 spiro atoms. The number of sulfonamides is 1. The summed E-state index contributed by atoms with van der Waals surface area (Å²) in [7, 11) is -7.86. The molecule has 202 valence electrons. The summed E-state index contributed by atoms with van der Waals surface area (Å²) >= 11 is 5.97. The van der Waals surface area contributed by atoms with Crippen LogP contribution < -0.4 is 5.73 Å². The number of nitrogens with zero attached hydrogens (tertiary/aromatic N) is 1. The van der Waals surface area contributed by atoms with E-state index >= 15 is 0 Å². The molecule has 1 atom stereocenters. The van der Waals surface area contributed by atoms with Gasteiger partial charge in [0.15, 0.2) is 9.84 Å². The predicted molar refractivity (Wildman–Crippen MR) is 151 cm³/mol. The van der Waals surface area contributed by atoms with Crippen molar-refractivity contribution >= 4 is 37.4 Å². The molecule has 39 heavy (non-hydrogen) atoms. The van der Waals surface area contributed by atoms with Crippen LogP contribution in [0.5, 0.6) is 0 Å². The molecule has 0 aliphatic rings. The molecule has 4 rings (SSSR count). The summed E-state index contributed by atoms with van der Waals surface area (Å²) in [6.45, 7) is -0.129. The number of hydrogen-bond acceptors (Lipinski definition) is 5. The zero-order valence-electron chi connectivity index (χ0n) is 20.9. The van der Waals surface area contributed by atoms with E-state index in [2.05, 4.69) is 0 Å². The lowest BCUT2D eigenvalue weighted by atomic mass is 10.0. The average Bonchev–Trinajstić information content (AvgIpc) is 2.92. The zero-order valence-corrected chi connectivity index (χ0v) is 23.2. The molecule has 7 nitrogen and oxygen atoms in total. The van der Waals surface area contributed by atoms with Gasteiger partial charge in [0.1, 0.15) is 6.04 Å². The summed E-state index contributed by atoms with van der Waals surface area (Å²) in [6, 6.07) is 27.9. The zero-order chi connectivity index (χ0) is 28.0. The van der Waals surface area contributed by atoms with Crippen molar-refractivity contribution < 1.29 is 21.6 Å². The van der Waals surface area contributed by atoms with Crippen molar-refractivity contribution in [3.05, 3.63) is 131 Å². The number of hydrogen-bond donors (Lipinski definition) is 1. The molecule has 4 aromatic rings. The Balaban J connectivity index is 1.71. The van der Waals surface area contributed by atoms with Crippen LogP contribution in [-0.2, 0) is 36.8 Å². The Morgan fingerprint density at radius 2 is 1.26 bits per heavy atom. The highest BCUT2D eigenvalue weighted by molar-refractivity contribution is 7.90. The van der Waals surface area contributed by atoms with E-state index in [9.17, 15) is 21.6 Å². The molecule has 0 radical (unpaired) electrons. The van der Waals surface area contributed by atoms with E-state index in [1.165, 1.54) is 36.4 Å². The van der Waals surface area contributed by atoms with Crippen LogP contribution in [0, 0.1) is 0 Å². The van der Waals surface area contributed by atoms with Crippen LogP contribution in [-0.4, -0.2) is 33.6 Å². The number of nitrogens with two attached hydrogens (primary N) is 1. The third-order valence-corrected chi connectivity index (χ3v) is 10.1. The van der Waals surface area contributed by atoms with Crippen molar-refractivity contribution in [2.45, 2.75) is 28.0 Å². The monoisotopic (exact) mass is 582 g/mol. The van der Waals surface area contributed by atoms with E-state index in [-0.39, 0.29) is 28.5 Å². The van der Waals surface area contributed by atoms with Gasteiger partial charge in [-0.25, -0.2) is 16.8 Å². The van der Waals surface area contributed by atoms with E-state index in [4.69, 9.17) is 17.3 Å². The van der Waals surface area contributed by atoms with Crippen molar-refractivity contribution in [2.75, 3.05) is 6.54 Å². The molecule has 0 saturated heterocycles. The normalized spacial score (nSPS) is 12.8. The smallest absolute Gasteiger partial charge is 0.244 e. The number of carbonyl (C=O) groups is 1. The summed E-state index contributed by atoms with van der Waals surface area (Å²) in [5, 5.41) is 0.364. The molecule has 1 amide bonds. The Morgan fingerprint density at radius 3 is 1.85 bits per heavy atom. The first kappa shape index (κ1) is 28.5. The highest BCUT2D eigenvalue weighted by Gasteiger charge is 2.36. The summed E-state index contributed by atoms with van der Waals surface area (Å²) in [6.07, 6.45) is 0.143. The second kappa shape index (κ2) is 12.1. The first-order valence-corrected chi connectivity index (χ1v) is 15.5. The van der Waals surface area contributed by atoms with E-state index in [0.29, 0.717) is 21.7 Å². The van der Waals surface area contributed by atoms with Crippen LogP contribution in [0.15, 0.2) is 119 Å². The molecule has 0 bridgehead atoms. The standard InChI is InChI=1S/C29H27ClN2O5S2/c30-25-15-17-27(18-16-25)39(36,37)32(28(29(31)33)23-10-3-1-4-11-23)20-19-22-9-7-8-12-24(22)21-38(34,35)26-13-5-2-6-14-26/h1-18,28H,19-21H2,(H2,31,33). The fourth-order valence-electron chi connectivity index (χ4n) is 4.33. The minimum Gasteiger partial charge on any atom is -0.368 e. The number of halogens is 1. The minimum absolute atomic E-state index is 0.0472. The molecule has 0 heterocycles. The van der Waals surface area contributed by atoms with E-state index in [1.54, 1.807) is 72.8 Å². The summed E-state index contributed by atoms with van der Waals surface area (Å²) in [4.78, 5) is 12.9. The molecule has 10 heteroatoms. The number of sulfone groups is 1. The molecule has 0 aliphatic heterocycles. The Labute approximate surface area is 233 Å². The van der Waals surface area contributed by atoms with Gasteiger partial charge in [-0.15, -0.1) is 0 Å². The molecule has 2 N–H and O–H groups in total. The number of amides is 1. The maximum Gasteiger partial charge on any atom is 0.244 e. The topological polar surface area (TPSA) is 115 Å². The molecule has 0 aromatic heterocycles. The van der Waals surface area contributed by atoms with Crippen LogP contribution >= 0.6 is 11.6 Å². The maximum atomic E-state index is 13.9. The van der Waals surface area contributed by atoms with Gasteiger partial charge in [-0.05, 0) is 59.5 Å². The lowest BCUT2D eigenvalue weighted by Crippen LogP contribution is -2.42. The number of carbonyl (C=O) groups excluding carboxylic acids is 1. The van der Waals surface area contributed by atoms with E-state index in [1.807, 2.05) is 0 Å². The highest BCUT2D eigenvalue weighted by atomic mass is 35.5. The summed E-state index contributed by atoms with van der Waals surface area (Å²) < 4.78 is 54.9. The van der Waals surface area contributed by atoms with Gasteiger partial charge in [-0.3, -0.25) is 4.79 Å². The van der Waals surface area contributed by atoms with Crippen LogP contribution in [0.25, 0.3) is 0 Å². The lowest BCUT2D eigenvalue weighted by molar-refractivity contribution is -0.121. The van der Waals surface area contributed by atoms with Crippen molar-refractivity contribution in [2.24, 2.45) is 5.73 Å². The Kier molecular flexibility index (Phi) is 8.87. The molecular weight excluding hydrogens is 556 g/mol. The fourth-order valence-corrected chi connectivity index (χ4v) is 7.47. The molecule has 4 aromatic carbocycles. The van der Waals surface area contributed by atoms with Gasteiger partial charge in [0, 0.05) is 11.6 Å². The lowest BCUT2D eigenvalue weighted by Gasteiger charge is -2.29.